The van der Waals surface area contributed by atoms with Gasteiger partial charge in [-0.2, -0.15) is 18.2 Å². The van der Waals surface area contributed by atoms with Crippen molar-refractivity contribution < 1.29 is 17.7 Å². The average molecular weight is 283 g/mol. The Morgan fingerprint density at radius 3 is 2.33 bits per heavy atom. The van der Waals surface area contributed by atoms with E-state index in [1.165, 1.54) is 0 Å². The predicted octanol–water partition coefficient (Wildman–Crippen LogP) is 4.21. The molecule has 1 aromatic heterocycles. The van der Waals surface area contributed by atoms with Gasteiger partial charge in [-0.15, -0.1) is 11.6 Å². The fraction of sp³-hybridized carbons (Fsp3) is 0.818. The maximum atomic E-state index is 12.5. The molecule has 1 atom stereocenters. The number of halogens is 4. The maximum absolute atomic E-state index is 12.5. The molecule has 0 amide bonds. The molecule has 1 saturated carbocycles. The summed E-state index contributed by atoms with van der Waals surface area (Å²) in [6.07, 6.45) is -2.97. The Morgan fingerprint density at radius 1 is 1.28 bits per heavy atom. The second-order valence-electron chi connectivity index (χ2n) is 4.70. The van der Waals surface area contributed by atoms with Crippen LogP contribution in [-0.4, -0.2) is 16.3 Å². The van der Waals surface area contributed by atoms with Crippen LogP contribution in [0.15, 0.2) is 4.52 Å². The fourth-order valence-corrected chi connectivity index (χ4v) is 2.33. The highest BCUT2D eigenvalue weighted by atomic mass is 35.5. The van der Waals surface area contributed by atoms with E-state index in [0.29, 0.717) is 24.6 Å². The van der Waals surface area contributed by atoms with E-state index in [1.807, 2.05) is 0 Å². The topological polar surface area (TPSA) is 38.9 Å². The van der Waals surface area contributed by atoms with E-state index in [4.69, 9.17) is 16.1 Å². The largest absolute Gasteiger partial charge is 0.391 e. The van der Waals surface area contributed by atoms with Crippen molar-refractivity contribution in [2.75, 3.05) is 0 Å². The van der Waals surface area contributed by atoms with Crippen molar-refractivity contribution in [3.8, 4) is 0 Å². The van der Waals surface area contributed by atoms with E-state index in [1.54, 1.807) is 6.92 Å². The van der Waals surface area contributed by atoms with E-state index in [0.717, 1.165) is 0 Å². The zero-order valence-corrected chi connectivity index (χ0v) is 10.6. The Labute approximate surface area is 108 Å². The molecule has 1 heterocycles. The van der Waals surface area contributed by atoms with E-state index in [2.05, 4.69) is 10.1 Å². The van der Waals surface area contributed by atoms with Gasteiger partial charge in [-0.1, -0.05) is 5.16 Å². The maximum Gasteiger partial charge on any atom is 0.391 e. The molecular formula is C11H14ClF3N2O. The Balaban J connectivity index is 1.97. The second kappa shape index (κ2) is 5.07. The number of alkyl halides is 4. The minimum Gasteiger partial charge on any atom is -0.339 e. The third-order valence-electron chi connectivity index (χ3n) is 3.35. The first-order valence-corrected chi connectivity index (χ1v) is 6.36. The standard InChI is InChI=1S/C11H14ClF3N2O/c1-6(12)9-16-10(18-17-9)7-2-4-8(5-3-7)11(13,14)15/h6-8H,2-5H2,1H3. The van der Waals surface area contributed by atoms with Crippen LogP contribution in [0, 0.1) is 5.92 Å². The van der Waals surface area contributed by atoms with Crippen LogP contribution in [0.3, 0.4) is 0 Å². The van der Waals surface area contributed by atoms with Gasteiger partial charge < -0.3 is 4.52 Å². The molecule has 1 aromatic rings. The zero-order valence-electron chi connectivity index (χ0n) is 9.88. The lowest BCUT2D eigenvalue weighted by molar-refractivity contribution is -0.182. The molecule has 102 valence electrons. The molecule has 7 heteroatoms. The van der Waals surface area contributed by atoms with Crippen molar-refractivity contribution in [1.82, 2.24) is 10.1 Å². The monoisotopic (exact) mass is 282 g/mol. The molecule has 0 aromatic carbocycles. The molecule has 0 spiro atoms. The lowest BCUT2D eigenvalue weighted by Gasteiger charge is -2.27. The predicted molar refractivity (Wildman–Crippen MR) is 59.3 cm³/mol. The van der Waals surface area contributed by atoms with Crippen LogP contribution in [0.2, 0.25) is 0 Å². The molecule has 1 unspecified atom stereocenters. The second-order valence-corrected chi connectivity index (χ2v) is 5.35. The fourth-order valence-electron chi connectivity index (χ4n) is 2.24. The summed E-state index contributed by atoms with van der Waals surface area (Å²) in [6, 6.07) is 0. The Hall–Kier alpha value is -0.780. The van der Waals surface area contributed by atoms with Crippen LogP contribution in [-0.2, 0) is 0 Å². The highest BCUT2D eigenvalue weighted by molar-refractivity contribution is 6.20. The smallest absolute Gasteiger partial charge is 0.339 e. The Bertz CT molecular complexity index is 397. The normalized spacial score (nSPS) is 27.2. The summed E-state index contributed by atoms with van der Waals surface area (Å²) in [4.78, 5) is 4.13. The lowest BCUT2D eigenvalue weighted by Crippen LogP contribution is -2.27. The van der Waals surface area contributed by atoms with Crippen molar-refractivity contribution in [2.24, 2.45) is 5.92 Å². The van der Waals surface area contributed by atoms with Gasteiger partial charge in [0.1, 0.15) is 0 Å². The van der Waals surface area contributed by atoms with E-state index in [9.17, 15) is 13.2 Å². The van der Waals surface area contributed by atoms with E-state index < -0.39 is 12.1 Å². The van der Waals surface area contributed by atoms with E-state index in [-0.39, 0.29) is 24.1 Å². The van der Waals surface area contributed by atoms with Gasteiger partial charge in [0.2, 0.25) is 5.89 Å². The summed E-state index contributed by atoms with van der Waals surface area (Å²) < 4.78 is 42.6. The highest BCUT2D eigenvalue weighted by Gasteiger charge is 2.42. The molecule has 3 nitrogen and oxygen atoms in total. The average Bonchev–Trinajstić information content (AvgIpc) is 2.77. The number of hydrogen-bond donors (Lipinski definition) is 0. The van der Waals surface area contributed by atoms with Crippen molar-refractivity contribution in [3.63, 3.8) is 0 Å². The first-order valence-electron chi connectivity index (χ1n) is 5.92. The zero-order chi connectivity index (χ0) is 13.3. The number of rotatable bonds is 2. The molecular weight excluding hydrogens is 269 g/mol. The molecule has 0 N–H and O–H groups in total. The highest BCUT2D eigenvalue weighted by Crippen LogP contribution is 2.42. The molecule has 18 heavy (non-hydrogen) atoms. The van der Waals surface area contributed by atoms with Crippen molar-refractivity contribution in [1.29, 1.82) is 0 Å². The van der Waals surface area contributed by atoms with Gasteiger partial charge in [0.25, 0.3) is 0 Å². The first kappa shape index (κ1) is 13.6. The minimum absolute atomic E-state index is 0.0692. The number of nitrogens with zero attached hydrogens (tertiary/aromatic N) is 2. The molecule has 0 aliphatic heterocycles. The van der Waals surface area contributed by atoms with E-state index >= 15 is 0 Å². The van der Waals surface area contributed by atoms with Crippen LogP contribution < -0.4 is 0 Å². The SMILES string of the molecule is CC(Cl)c1noc(C2CCC(C(F)(F)F)CC2)n1. The van der Waals surface area contributed by atoms with Crippen LogP contribution in [0.25, 0.3) is 0 Å². The van der Waals surface area contributed by atoms with Crippen LogP contribution in [0.5, 0.6) is 0 Å². The van der Waals surface area contributed by atoms with Gasteiger partial charge in [-0.25, -0.2) is 0 Å². The quantitative estimate of drug-likeness (QED) is 0.763. The van der Waals surface area contributed by atoms with Crippen molar-refractivity contribution >= 4 is 11.6 Å². The number of aromatic nitrogens is 2. The minimum atomic E-state index is -4.09. The molecule has 1 aliphatic rings. The first-order chi connectivity index (χ1) is 8.38. The van der Waals surface area contributed by atoms with Crippen molar-refractivity contribution in [3.05, 3.63) is 11.7 Å². The summed E-state index contributed by atoms with van der Waals surface area (Å²) in [5.41, 5.74) is 0. The van der Waals surface area contributed by atoms with Crippen LogP contribution >= 0.6 is 11.6 Å². The summed E-state index contributed by atoms with van der Waals surface area (Å²) in [5.74, 6) is -0.453. The van der Waals surface area contributed by atoms with Crippen molar-refractivity contribution in [2.45, 2.75) is 50.1 Å². The molecule has 1 fully saturated rings. The van der Waals surface area contributed by atoms with Gasteiger partial charge >= 0.3 is 6.18 Å². The lowest BCUT2D eigenvalue weighted by atomic mass is 9.81. The molecule has 0 saturated heterocycles. The Morgan fingerprint density at radius 2 is 1.89 bits per heavy atom. The molecule has 1 aliphatic carbocycles. The Kier molecular flexibility index (Phi) is 3.84. The third kappa shape index (κ3) is 2.96. The van der Waals surface area contributed by atoms with Gasteiger partial charge in [0, 0.05) is 5.92 Å². The van der Waals surface area contributed by atoms with Gasteiger partial charge in [-0.05, 0) is 32.6 Å². The summed E-state index contributed by atoms with van der Waals surface area (Å²) in [5, 5.41) is 3.37. The van der Waals surface area contributed by atoms with Crippen LogP contribution in [0.1, 0.15) is 55.6 Å². The molecule has 2 rings (SSSR count). The van der Waals surface area contributed by atoms with Gasteiger partial charge in [-0.3, -0.25) is 0 Å². The third-order valence-corrected chi connectivity index (χ3v) is 3.55. The summed E-state index contributed by atoms with van der Waals surface area (Å²) in [7, 11) is 0. The van der Waals surface area contributed by atoms with Crippen LogP contribution in [0.4, 0.5) is 13.2 Å². The summed E-state index contributed by atoms with van der Waals surface area (Å²) in [6.45, 7) is 1.72. The number of hydrogen-bond acceptors (Lipinski definition) is 3. The molecule has 0 bridgehead atoms. The molecule has 0 radical (unpaired) electrons. The summed E-state index contributed by atoms with van der Waals surface area (Å²) >= 11 is 5.80. The van der Waals surface area contributed by atoms with Gasteiger partial charge in [0.05, 0.1) is 11.3 Å². The van der Waals surface area contributed by atoms with Gasteiger partial charge in [0.15, 0.2) is 5.82 Å².